The molecule has 0 radical (unpaired) electrons. The van der Waals surface area contributed by atoms with Gasteiger partial charge in [0.25, 0.3) is 0 Å². The second-order valence-electron chi connectivity index (χ2n) is 26.1. The van der Waals surface area contributed by atoms with Gasteiger partial charge in [0.2, 0.25) is 11.2 Å². The van der Waals surface area contributed by atoms with E-state index >= 15 is 0 Å². The van der Waals surface area contributed by atoms with Crippen molar-refractivity contribution in [2.75, 3.05) is 0 Å². The molecule has 0 spiro atoms. The third kappa shape index (κ3) is 23.1. The second-order valence-corrected chi connectivity index (χ2v) is 29.3. The molecule has 0 amide bonds. The number of thiazole rings is 3. The van der Waals surface area contributed by atoms with Crippen LogP contribution in [-0.4, -0.2) is 82.3 Å². The van der Waals surface area contributed by atoms with Crippen LogP contribution in [0.15, 0.2) is 220 Å². The Labute approximate surface area is 684 Å². The molecule has 0 aliphatic heterocycles. The van der Waals surface area contributed by atoms with E-state index in [-0.39, 0.29) is 45.2 Å². The third-order valence-electron chi connectivity index (χ3n) is 18.2. The van der Waals surface area contributed by atoms with Crippen molar-refractivity contribution in [3.05, 3.63) is 332 Å². The molecule has 6 unspecified atom stereocenters. The predicted octanol–water partition coefficient (Wildman–Crippen LogP) is 18.8. The highest BCUT2D eigenvalue weighted by Gasteiger charge is 2.60. The molecule has 0 saturated carbocycles. The van der Waals surface area contributed by atoms with Crippen LogP contribution in [-0.2, 0) is 42.5 Å². The molecular weight excluding hydrogens is 1710 g/mol. The summed E-state index contributed by atoms with van der Waals surface area (Å²) < 4.78 is 296. The zero-order valence-electron chi connectivity index (χ0n) is 61.8. The first-order chi connectivity index (χ1) is 57.1. The van der Waals surface area contributed by atoms with Gasteiger partial charge in [-0.2, -0.15) is 93.2 Å². The maximum atomic E-state index is 14.4. The lowest BCUT2D eigenvalue weighted by molar-refractivity contribution is -0.605. The van der Waals surface area contributed by atoms with Crippen LogP contribution in [0.5, 0.6) is 34.5 Å². The van der Waals surface area contributed by atoms with Crippen LogP contribution in [0.2, 0.25) is 0 Å². The minimum Gasteiger partial charge on any atom is -0.619 e. The number of benzene rings is 6. The van der Waals surface area contributed by atoms with Gasteiger partial charge in [0.1, 0.15) is 32.3 Å². The summed E-state index contributed by atoms with van der Waals surface area (Å²) in [6, 6.07) is 32.6. The van der Waals surface area contributed by atoms with Crippen molar-refractivity contribution >= 4 is 34.0 Å². The molecule has 0 aliphatic rings. The molecule has 0 fully saturated rings. The molecule has 6 atom stereocenters. The van der Waals surface area contributed by atoms with Crippen molar-refractivity contribution in [3.63, 3.8) is 0 Å². The molecule has 642 valence electrons. The Morgan fingerprint density at radius 1 is 0.347 bits per heavy atom. The number of nitrogens with zero attached hydrogens (tertiary/aromatic N) is 6. The zero-order valence-corrected chi connectivity index (χ0v) is 64.2. The summed E-state index contributed by atoms with van der Waals surface area (Å²) in [5.74, 6) is -7.68. The van der Waals surface area contributed by atoms with E-state index in [2.05, 4.69) is 43.4 Å². The summed E-state index contributed by atoms with van der Waals surface area (Å²) in [7, 11) is 0. The van der Waals surface area contributed by atoms with Crippen LogP contribution in [0.3, 0.4) is 0 Å². The maximum Gasteiger partial charge on any atom is 0.428 e. The van der Waals surface area contributed by atoms with Gasteiger partial charge in [-0.3, -0.25) is 0 Å². The van der Waals surface area contributed by atoms with E-state index in [9.17, 15) is 119 Å². The van der Waals surface area contributed by atoms with E-state index in [0.717, 1.165) is 96.3 Å². The largest absolute Gasteiger partial charge is 0.619 e. The number of aryl methyl sites for hydroxylation is 1. The summed E-state index contributed by atoms with van der Waals surface area (Å²) in [5.41, 5.74) is -6.18. The number of aliphatic hydroxyl groups is 3. The van der Waals surface area contributed by atoms with Crippen molar-refractivity contribution < 1.29 is 146 Å². The molecule has 41 heteroatoms. The molecule has 6 aromatic heterocycles. The Morgan fingerprint density at radius 3 is 0.876 bits per heavy atom. The summed E-state index contributed by atoms with van der Waals surface area (Å²) in [4.78, 5) is 13.0. The zero-order chi connectivity index (χ0) is 88.1. The number of hydrogen-bond donors (Lipinski definition) is 3. The second kappa shape index (κ2) is 39.2. The molecule has 6 aromatic carbocycles. The van der Waals surface area contributed by atoms with E-state index in [1.54, 1.807) is 12.1 Å². The summed E-state index contributed by atoms with van der Waals surface area (Å²) in [5, 5.41) is 66.5. The van der Waals surface area contributed by atoms with Gasteiger partial charge < -0.3 is 59.4 Å². The van der Waals surface area contributed by atoms with Crippen LogP contribution in [0, 0.1) is 27.3 Å². The highest BCUT2D eigenvalue weighted by atomic mass is 32.1. The molecule has 0 saturated heterocycles. The first-order valence-corrected chi connectivity index (χ1v) is 37.5. The minimum absolute atomic E-state index is 0.0212. The molecule has 6 heterocycles. The number of halogens is 20. The Hall–Kier alpha value is -11.7. The lowest BCUT2D eigenvalue weighted by Gasteiger charge is -2.29. The van der Waals surface area contributed by atoms with E-state index in [4.69, 9.17) is 0 Å². The molecule has 0 bridgehead atoms. The van der Waals surface area contributed by atoms with Gasteiger partial charge in [0, 0.05) is 87.4 Å². The van der Waals surface area contributed by atoms with Gasteiger partial charge in [-0.05, 0) is 149 Å². The maximum absolute atomic E-state index is 14.4. The Kier molecular flexibility index (Phi) is 29.7. The number of ether oxygens (including phenoxy) is 6. The molecular formula is C80H62F20N6O12S3. The van der Waals surface area contributed by atoms with Gasteiger partial charge >= 0.3 is 52.0 Å². The molecule has 0 aliphatic carbocycles. The summed E-state index contributed by atoms with van der Waals surface area (Å²) in [6.07, 6.45) is 1.36. The van der Waals surface area contributed by atoms with Crippen LogP contribution in [0.4, 0.5) is 87.8 Å². The smallest absolute Gasteiger partial charge is 0.428 e. The predicted molar refractivity (Wildman–Crippen MR) is 394 cm³/mol. The van der Waals surface area contributed by atoms with Gasteiger partial charge in [0.15, 0.2) is 71.7 Å². The highest BCUT2D eigenvalue weighted by Crippen LogP contribution is 2.51. The van der Waals surface area contributed by atoms with Gasteiger partial charge in [-0.25, -0.2) is 23.7 Å². The van der Waals surface area contributed by atoms with Crippen molar-refractivity contribution in [1.82, 2.24) is 15.0 Å². The Balaban J connectivity index is 0.000000191. The standard InChI is InChI=1S/C28H23F7N2O4S.C26H18F8N2O4S.C26H21F5N2O4S/c1-2-16-3-6-19(7-4-16)27(38,28(33,34)35)24-36-15-23(42-24)20(13-17-9-11-37(39)12-10-17)18-5-8-21(40-25(29)30)22(14-18)41-26(31)32;27-17-4-2-16(3-5-17)25(37,26(32,33)34)22-35-13-21(41-22)18(11-14-7-9-36(38)10-8-14)15-1-6-19(39-23(28)29)20(12-15)40-24(30)31;1-26(34,17-3-5-18(27)6-4-17)23-32-14-22(38-23)19(12-15-8-10-33(35)11-9-15)16-2-7-20(36-24(28)29)21(13-16)37-25(30)31/h3-12,14-15,20,25-26,38H,2,13H2,1H3;1-10,12-13,18,23-24,37H,11H2;2-11,13-14,19,24-25,34H,12H2,1H3. The van der Waals surface area contributed by atoms with E-state index in [0.29, 0.717) is 76.0 Å². The number of hydrogen-bond acceptors (Lipinski definition) is 18. The van der Waals surface area contributed by atoms with Crippen LogP contribution < -0.4 is 42.6 Å². The lowest BCUT2D eigenvalue weighted by atomic mass is 9.91. The molecule has 12 aromatic rings. The fraction of sp³-hybridized carbons (Fsp3) is 0.250. The number of pyridine rings is 3. The number of rotatable bonds is 31. The van der Waals surface area contributed by atoms with Gasteiger partial charge in [-0.1, -0.05) is 73.7 Å². The Morgan fingerprint density at radius 2 is 0.603 bits per heavy atom. The summed E-state index contributed by atoms with van der Waals surface area (Å²) >= 11 is 2.12. The van der Waals surface area contributed by atoms with Crippen molar-refractivity contribution in [3.8, 4) is 34.5 Å². The third-order valence-corrected chi connectivity index (χ3v) is 22.0. The van der Waals surface area contributed by atoms with Crippen LogP contribution >= 0.6 is 34.0 Å². The van der Waals surface area contributed by atoms with Gasteiger partial charge in [0.05, 0.1) is 0 Å². The fourth-order valence-corrected chi connectivity index (χ4v) is 15.7. The van der Waals surface area contributed by atoms with Crippen molar-refractivity contribution in [1.29, 1.82) is 0 Å². The minimum atomic E-state index is -5.29. The number of aromatic nitrogens is 6. The quantitative estimate of drug-likeness (QED) is 0.0208. The molecule has 18 nitrogen and oxygen atoms in total. The number of alkyl halides is 18. The van der Waals surface area contributed by atoms with Crippen LogP contribution in [0.1, 0.15) is 117 Å². The first-order valence-electron chi connectivity index (χ1n) is 35.1. The van der Waals surface area contributed by atoms with Crippen LogP contribution in [0.25, 0.3) is 0 Å². The average molecular weight is 1780 g/mol. The summed E-state index contributed by atoms with van der Waals surface area (Å²) in [6.45, 7) is -16.7. The lowest BCUT2D eigenvalue weighted by Crippen LogP contribution is -2.43. The fourth-order valence-electron chi connectivity index (χ4n) is 12.3. The van der Waals surface area contributed by atoms with E-state index < -0.39 is 154 Å². The van der Waals surface area contributed by atoms with E-state index in [1.807, 2.05) is 6.92 Å². The van der Waals surface area contributed by atoms with Crippen molar-refractivity contribution in [2.45, 2.75) is 126 Å². The molecule has 12 rings (SSSR count). The molecule has 3 N–H and O–H groups in total. The van der Waals surface area contributed by atoms with E-state index in [1.165, 1.54) is 135 Å². The Bertz CT molecular complexity index is 5360. The highest BCUT2D eigenvalue weighted by molar-refractivity contribution is 7.12. The molecule has 121 heavy (non-hydrogen) atoms. The SMILES string of the molecule is CC(O)(c1ccc(F)cc1)c1ncc(C(Cc2cc[n+]([O-])cc2)c2ccc(OC(F)F)c(OC(F)F)c2)s1.CCc1ccc(C(O)(c2ncc(C(Cc3cc[n+]([O-])cc3)c3ccc(OC(F)F)c(OC(F)F)c3)s2)C(F)(F)F)cc1.[O-][n+]1ccc(CC(c2ccc(OC(F)F)c(OC(F)F)c2)c2cnc(C(O)(c3ccc(F)cc3)C(F)(F)F)s2)cc1. The van der Waals surface area contributed by atoms with Crippen molar-refractivity contribution in [2.24, 2.45) is 0 Å². The topological polar surface area (TPSA) is 236 Å². The first kappa shape index (κ1) is 91.6. The van der Waals surface area contributed by atoms with Gasteiger partial charge in [-0.15, -0.1) is 34.0 Å². The monoisotopic (exact) mass is 1770 g/mol. The normalized spacial score (nSPS) is 14.1. The average Bonchev–Trinajstić information content (AvgIpc) is 1.68.